The zero-order chi connectivity index (χ0) is 11.3. The minimum absolute atomic E-state index is 0.301. The molecule has 0 radical (unpaired) electrons. The van der Waals surface area contributed by atoms with Gasteiger partial charge in [0.15, 0.2) is 0 Å². The van der Waals surface area contributed by atoms with E-state index in [0.29, 0.717) is 24.5 Å². The summed E-state index contributed by atoms with van der Waals surface area (Å²) in [5, 5.41) is 0. The molecule has 82 valence electrons. The van der Waals surface area contributed by atoms with Gasteiger partial charge in [-0.2, -0.15) is 0 Å². The fourth-order valence-electron chi connectivity index (χ4n) is 1.50. The van der Waals surface area contributed by atoms with Gasteiger partial charge in [0.2, 0.25) is 0 Å². The molecule has 0 saturated heterocycles. The van der Waals surface area contributed by atoms with E-state index < -0.39 is 0 Å². The van der Waals surface area contributed by atoms with E-state index in [1.165, 1.54) is 0 Å². The predicted molar refractivity (Wildman–Crippen MR) is 61.2 cm³/mol. The lowest BCUT2D eigenvalue weighted by atomic mass is 10.0. The first kappa shape index (κ1) is 11.8. The fraction of sp³-hybridized carbons (Fsp3) is 0.462. The largest absolute Gasteiger partial charge is 0.497 e. The number of hydrogen-bond donors (Lipinski definition) is 0. The van der Waals surface area contributed by atoms with E-state index in [1.807, 2.05) is 24.3 Å². The molecule has 0 heterocycles. The number of rotatable bonds is 5. The smallest absolute Gasteiger partial charge is 0.137 e. The lowest BCUT2D eigenvalue weighted by Gasteiger charge is -2.05. The maximum atomic E-state index is 11.5. The molecule has 0 bridgehead atoms. The molecule has 0 unspecified atom stereocenters. The zero-order valence-electron chi connectivity index (χ0n) is 9.62. The average molecular weight is 206 g/mol. The Morgan fingerprint density at radius 1 is 1.27 bits per heavy atom. The summed E-state index contributed by atoms with van der Waals surface area (Å²) in [5.74, 6) is 1.57. The van der Waals surface area contributed by atoms with Crippen molar-refractivity contribution in [3.63, 3.8) is 0 Å². The number of ether oxygens (including phenoxy) is 1. The molecule has 0 aliphatic rings. The molecule has 0 fully saturated rings. The lowest BCUT2D eigenvalue weighted by molar-refractivity contribution is -0.119. The number of hydrogen-bond acceptors (Lipinski definition) is 2. The molecule has 1 aromatic carbocycles. The van der Waals surface area contributed by atoms with Crippen molar-refractivity contribution in [2.45, 2.75) is 26.7 Å². The Hall–Kier alpha value is -1.31. The van der Waals surface area contributed by atoms with E-state index in [9.17, 15) is 4.79 Å². The van der Waals surface area contributed by atoms with Gasteiger partial charge < -0.3 is 4.74 Å². The third-order valence-corrected chi connectivity index (χ3v) is 2.20. The number of methoxy groups -OCH3 is 1. The molecular formula is C13H18O2. The van der Waals surface area contributed by atoms with E-state index in [2.05, 4.69) is 13.8 Å². The summed E-state index contributed by atoms with van der Waals surface area (Å²) >= 11 is 0. The van der Waals surface area contributed by atoms with Gasteiger partial charge in [-0.1, -0.05) is 26.0 Å². The average Bonchev–Trinajstić information content (AvgIpc) is 2.17. The summed E-state index contributed by atoms with van der Waals surface area (Å²) in [7, 11) is 1.64. The Kier molecular flexibility index (Phi) is 4.35. The number of carbonyl (C=O) groups is 1. The van der Waals surface area contributed by atoms with Crippen LogP contribution >= 0.6 is 0 Å². The summed E-state index contributed by atoms with van der Waals surface area (Å²) in [6.45, 7) is 4.12. The molecule has 0 N–H and O–H groups in total. The highest BCUT2D eigenvalue weighted by molar-refractivity contribution is 5.81. The van der Waals surface area contributed by atoms with Crippen LogP contribution in [0.15, 0.2) is 24.3 Å². The maximum absolute atomic E-state index is 11.5. The molecule has 2 heteroatoms. The molecule has 2 nitrogen and oxygen atoms in total. The summed E-state index contributed by atoms with van der Waals surface area (Å²) < 4.78 is 5.05. The van der Waals surface area contributed by atoms with Crippen molar-refractivity contribution in [3.8, 4) is 5.75 Å². The van der Waals surface area contributed by atoms with Crippen LogP contribution in [-0.4, -0.2) is 12.9 Å². The summed E-state index contributed by atoms with van der Waals surface area (Å²) in [6.07, 6.45) is 1.19. The van der Waals surface area contributed by atoms with Gasteiger partial charge in [0.25, 0.3) is 0 Å². The van der Waals surface area contributed by atoms with Crippen molar-refractivity contribution in [3.05, 3.63) is 29.8 Å². The van der Waals surface area contributed by atoms with Gasteiger partial charge >= 0.3 is 0 Å². The van der Waals surface area contributed by atoms with Crippen LogP contribution in [-0.2, 0) is 11.2 Å². The van der Waals surface area contributed by atoms with Gasteiger partial charge in [0.05, 0.1) is 7.11 Å². The predicted octanol–water partition coefficient (Wildman–Crippen LogP) is 2.85. The first-order valence-electron chi connectivity index (χ1n) is 5.26. The van der Waals surface area contributed by atoms with Crippen molar-refractivity contribution in [1.82, 2.24) is 0 Å². The molecule has 0 aliphatic carbocycles. The molecule has 0 atom stereocenters. The summed E-state index contributed by atoms with van der Waals surface area (Å²) in [6, 6.07) is 7.66. The van der Waals surface area contributed by atoms with Crippen LogP contribution in [0.4, 0.5) is 0 Å². The maximum Gasteiger partial charge on any atom is 0.137 e. The van der Waals surface area contributed by atoms with Gasteiger partial charge in [-0.15, -0.1) is 0 Å². The molecule has 0 amide bonds. The van der Waals surface area contributed by atoms with Gasteiger partial charge in [-0.25, -0.2) is 0 Å². The Balaban J connectivity index is 2.53. The van der Waals surface area contributed by atoms with E-state index in [4.69, 9.17) is 4.74 Å². The molecular weight excluding hydrogens is 188 g/mol. The van der Waals surface area contributed by atoms with E-state index >= 15 is 0 Å². The van der Waals surface area contributed by atoms with Crippen LogP contribution < -0.4 is 4.74 Å². The van der Waals surface area contributed by atoms with Crippen LogP contribution in [0.1, 0.15) is 25.8 Å². The van der Waals surface area contributed by atoms with Gasteiger partial charge in [0, 0.05) is 12.8 Å². The number of Topliss-reactive ketones (excluding diaryl/α,β-unsaturated/α-hetero) is 1. The Morgan fingerprint density at radius 2 is 1.87 bits per heavy atom. The molecule has 0 saturated carbocycles. The second-order valence-corrected chi connectivity index (χ2v) is 4.16. The van der Waals surface area contributed by atoms with Gasteiger partial charge in [-0.3, -0.25) is 4.79 Å². The second-order valence-electron chi connectivity index (χ2n) is 4.16. The molecule has 15 heavy (non-hydrogen) atoms. The Labute approximate surface area is 91.3 Å². The van der Waals surface area contributed by atoms with Crippen molar-refractivity contribution in [2.24, 2.45) is 5.92 Å². The molecule has 1 rings (SSSR count). The van der Waals surface area contributed by atoms with Crippen molar-refractivity contribution >= 4 is 5.78 Å². The quantitative estimate of drug-likeness (QED) is 0.740. The number of ketones is 1. The third-order valence-electron chi connectivity index (χ3n) is 2.20. The first-order chi connectivity index (χ1) is 7.11. The normalized spacial score (nSPS) is 10.4. The molecule has 0 spiro atoms. The molecule has 0 aliphatic heterocycles. The standard InChI is InChI=1S/C13H18O2/c1-10(2)8-12(14)9-11-4-6-13(15-3)7-5-11/h4-7,10H,8-9H2,1-3H3. The van der Waals surface area contributed by atoms with E-state index in [-0.39, 0.29) is 0 Å². The first-order valence-corrected chi connectivity index (χ1v) is 5.26. The van der Waals surface area contributed by atoms with Crippen molar-refractivity contribution in [1.29, 1.82) is 0 Å². The Morgan fingerprint density at radius 3 is 2.33 bits per heavy atom. The number of carbonyl (C=O) groups excluding carboxylic acids is 1. The van der Waals surface area contributed by atoms with E-state index in [0.717, 1.165) is 11.3 Å². The highest BCUT2D eigenvalue weighted by Gasteiger charge is 2.06. The SMILES string of the molecule is COc1ccc(CC(=O)CC(C)C)cc1. The fourth-order valence-corrected chi connectivity index (χ4v) is 1.50. The van der Waals surface area contributed by atoms with Crippen LogP contribution in [0.3, 0.4) is 0 Å². The summed E-state index contributed by atoms with van der Waals surface area (Å²) in [4.78, 5) is 11.5. The summed E-state index contributed by atoms with van der Waals surface area (Å²) in [5.41, 5.74) is 1.06. The zero-order valence-corrected chi connectivity index (χ0v) is 9.62. The molecule has 1 aromatic rings. The topological polar surface area (TPSA) is 26.3 Å². The minimum atomic E-state index is 0.301. The Bertz CT molecular complexity index is 312. The van der Waals surface area contributed by atoms with Crippen molar-refractivity contribution < 1.29 is 9.53 Å². The highest BCUT2D eigenvalue weighted by Crippen LogP contribution is 2.13. The highest BCUT2D eigenvalue weighted by atomic mass is 16.5. The van der Waals surface area contributed by atoms with Crippen molar-refractivity contribution in [2.75, 3.05) is 7.11 Å². The van der Waals surface area contributed by atoms with Crippen LogP contribution in [0, 0.1) is 5.92 Å². The van der Waals surface area contributed by atoms with Crippen LogP contribution in [0.25, 0.3) is 0 Å². The second kappa shape index (κ2) is 5.54. The van der Waals surface area contributed by atoms with Gasteiger partial charge in [-0.05, 0) is 23.6 Å². The third kappa shape index (κ3) is 4.15. The monoisotopic (exact) mass is 206 g/mol. The lowest BCUT2D eigenvalue weighted by Crippen LogP contribution is -2.06. The minimum Gasteiger partial charge on any atom is -0.497 e. The molecule has 0 aromatic heterocycles. The van der Waals surface area contributed by atoms with Gasteiger partial charge in [0.1, 0.15) is 11.5 Å². The van der Waals surface area contributed by atoms with Crippen LogP contribution in [0.5, 0.6) is 5.75 Å². The van der Waals surface area contributed by atoms with E-state index in [1.54, 1.807) is 7.11 Å². The van der Waals surface area contributed by atoms with Crippen LogP contribution in [0.2, 0.25) is 0 Å². The number of benzene rings is 1.